The average molecular weight is 245 g/mol. The van der Waals surface area contributed by atoms with Crippen LogP contribution in [0.1, 0.15) is 19.8 Å². The summed E-state index contributed by atoms with van der Waals surface area (Å²) in [5.41, 5.74) is 1.74. The van der Waals surface area contributed by atoms with Gasteiger partial charge >= 0.3 is 0 Å². The molecule has 2 aliphatic carbocycles. The first-order valence-corrected chi connectivity index (χ1v) is 5.28. The number of carbonyl (C=O) groups is 1. The van der Waals surface area contributed by atoms with Crippen molar-refractivity contribution < 1.29 is 9.18 Å². The van der Waals surface area contributed by atoms with Crippen LogP contribution in [0.3, 0.4) is 0 Å². The first kappa shape index (κ1) is 9.13. The van der Waals surface area contributed by atoms with Gasteiger partial charge in [-0.25, -0.2) is 4.39 Å². The van der Waals surface area contributed by atoms with Crippen LogP contribution < -0.4 is 0 Å². The van der Waals surface area contributed by atoms with Gasteiger partial charge in [-0.3, -0.25) is 4.79 Å². The second kappa shape index (κ2) is 3.05. The van der Waals surface area contributed by atoms with Gasteiger partial charge in [0.25, 0.3) is 0 Å². The molecule has 0 saturated heterocycles. The minimum atomic E-state index is -0.223. The lowest BCUT2D eigenvalue weighted by atomic mass is 9.94. The first-order chi connectivity index (χ1) is 6.09. The fourth-order valence-electron chi connectivity index (χ4n) is 1.96. The highest BCUT2D eigenvalue weighted by atomic mass is 79.9. The van der Waals surface area contributed by atoms with Gasteiger partial charge in [0.15, 0.2) is 5.78 Å². The van der Waals surface area contributed by atoms with Crippen LogP contribution >= 0.6 is 15.9 Å². The molecule has 0 fully saturated rings. The molecule has 2 atom stereocenters. The third-order valence-corrected chi connectivity index (χ3v) is 3.47. The summed E-state index contributed by atoms with van der Waals surface area (Å²) in [5, 5.41) is 0. The predicted octanol–water partition coefficient (Wildman–Crippen LogP) is 2.91. The first-order valence-electron chi connectivity index (χ1n) is 4.37. The Kier molecular flexibility index (Phi) is 2.14. The summed E-state index contributed by atoms with van der Waals surface area (Å²) in [5.74, 6) is 0.171. The van der Waals surface area contributed by atoms with E-state index in [1.807, 2.05) is 6.92 Å². The van der Waals surface area contributed by atoms with Crippen molar-refractivity contribution in [2.24, 2.45) is 5.92 Å². The van der Waals surface area contributed by atoms with Crippen molar-refractivity contribution in [2.45, 2.75) is 24.6 Å². The van der Waals surface area contributed by atoms with Crippen LogP contribution in [0.5, 0.6) is 0 Å². The highest BCUT2D eigenvalue weighted by molar-refractivity contribution is 9.09. The van der Waals surface area contributed by atoms with Gasteiger partial charge < -0.3 is 0 Å². The lowest BCUT2D eigenvalue weighted by molar-refractivity contribution is -0.115. The minimum Gasteiger partial charge on any atom is -0.294 e. The third-order valence-electron chi connectivity index (χ3n) is 2.71. The van der Waals surface area contributed by atoms with E-state index < -0.39 is 0 Å². The molecular weight excluding hydrogens is 235 g/mol. The standard InChI is InChI=1S/C10H10BrFO/c1-5-2-10(13)7-4-9(12)8(11)3-6(5)7/h4-5,8H,2-3H2,1H3. The molecule has 2 rings (SSSR count). The number of ketones is 1. The van der Waals surface area contributed by atoms with E-state index in [0.717, 1.165) is 5.57 Å². The van der Waals surface area contributed by atoms with E-state index in [9.17, 15) is 9.18 Å². The van der Waals surface area contributed by atoms with E-state index in [-0.39, 0.29) is 16.4 Å². The molecule has 0 bridgehead atoms. The number of carbonyl (C=O) groups excluding carboxylic acids is 1. The molecule has 0 aromatic rings. The van der Waals surface area contributed by atoms with E-state index in [1.165, 1.54) is 6.08 Å². The average Bonchev–Trinajstić information content (AvgIpc) is 2.31. The molecule has 13 heavy (non-hydrogen) atoms. The Morgan fingerprint density at radius 3 is 2.92 bits per heavy atom. The molecule has 2 unspecified atom stereocenters. The summed E-state index contributed by atoms with van der Waals surface area (Å²) in [4.78, 5) is 11.2. The van der Waals surface area contributed by atoms with Crippen molar-refractivity contribution in [3.63, 3.8) is 0 Å². The number of alkyl halides is 1. The number of hydrogen-bond donors (Lipinski definition) is 0. The van der Waals surface area contributed by atoms with Gasteiger partial charge in [0.05, 0.1) is 4.83 Å². The van der Waals surface area contributed by atoms with Crippen LogP contribution in [0.15, 0.2) is 23.0 Å². The normalized spacial score (nSPS) is 33.5. The molecular formula is C10H10BrFO. The zero-order valence-electron chi connectivity index (χ0n) is 7.31. The summed E-state index contributed by atoms with van der Waals surface area (Å²) >= 11 is 3.25. The monoisotopic (exact) mass is 244 g/mol. The molecule has 0 aromatic carbocycles. The predicted molar refractivity (Wildman–Crippen MR) is 52.3 cm³/mol. The third kappa shape index (κ3) is 1.39. The van der Waals surface area contributed by atoms with Crippen molar-refractivity contribution in [3.05, 3.63) is 23.0 Å². The lowest BCUT2D eigenvalue weighted by Crippen LogP contribution is -2.09. The van der Waals surface area contributed by atoms with Crippen LogP contribution in [0, 0.1) is 5.92 Å². The topological polar surface area (TPSA) is 17.1 Å². The van der Waals surface area contributed by atoms with E-state index in [0.29, 0.717) is 24.3 Å². The highest BCUT2D eigenvalue weighted by Crippen LogP contribution is 2.40. The van der Waals surface area contributed by atoms with Crippen LogP contribution in [-0.2, 0) is 4.79 Å². The van der Waals surface area contributed by atoms with E-state index >= 15 is 0 Å². The van der Waals surface area contributed by atoms with Crippen LogP contribution in [0.4, 0.5) is 4.39 Å². The fraction of sp³-hybridized carbons (Fsp3) is 0.500. The highest BCUT2D eigenvalue weighted by Gasteiger charge is 2.33. The van der Waals surface area contributed by atoms with Gasteiger partial charge in [0.1, 0.15) is 5.83 Å². The number of rotatable bonds is 0. The maximum atomic E-state index is 13.1. The summed E-state index contributed by atoms with van der Waals surface area (Å²) in [6.07, 6.45) is 2.59. The molecule has 70 valence electrons. The fourth-order valence-corrected chi connectivity index (χ4v) is 2.44. The van der Waals surface area contributed by atoms with E-state index in [1.54, 1.807) is 0 Å². The van der Waals surface area contributed by atoms with Crippen LogP contribution in [0.2, 0.25) is 0 Å². The van der Waals surface area contributed by atoms with E-state index in [4.69, 9.17) is 0 Å². The minimum absolute atomic E-state index is 0.0945. The van der Waals surface area contributed by atoms with Crippen molar-refractivity contribution in [1.82, 2.24) is 0 Å². The Morgan fingerprint density at radius 2 is 2.23 bits per heavy atom. The largest absolute Gasteiger partial charge is 0.294 e. The molecule has 0 heterocycles. The Balaban J connectivity index is 2.42. The molecule has 0 aliphatic heterocycles. The summed E-state index contributed by atoms with van der Waals surface area (Å²) in [6, 6.07) is 0. The summed E-state index contributed by atoms with van der Waals surface area (Å²) < 4.78 is 13.1. The van der Waals surface area contributed by atoms with Gasteiger partial charge in [-0.15, -0.1) is 0 Å². The second-order valence-corrected chi connectivity index (χ2v) is 4.77. The molecule has 0 amide bonds. The molecule has 1 nitrogen and oxygen atoms in total. The summed E-state index contributed by atoms with van der Waals surface area (Å²) in [7, 11) is 0. The number of allylic oxidation sites excluding steroid dienone is 4. The maximum Gasteiger partial charge on any atom is 0.163 e. The van der Waals surface area contributed by atoms with Gasteiger partial charge in [-0.2, -0.15) is 0 Å². The molecule has 0 radical (unpaired) electrons. The second-order valence-electron chi connectivity index (χ2n) is 3.67. The molecule has 2 aliphatic rings. The van der Waals surface area contributed by atoms with Crippen molar-refractivity contribution in [2.75, 3.05) is 0 Å². The smallest absolute Gasteiger partial charge is 0.163 e. The SMILES string of the molecule is CC1CC(=O)C2=C1CC(Br)C(F)=C2. The number of Topliss-reactive ketones (excluding diaryl/α,β-unsaturated/α-hetero) is 1. The van der Waals surface area contributed by atoms with Crippen molar-refractivity contribution in [3.8, 4) is 0 Å². The summed E-state index contributed by atoms with van der Waals surface area (Å²) in [6.45, 7) is 2.02. The zero-order chi connectivity index (χ0) is 9.59. The zero-order valence-corrected chi connectivity index (χ0v) is 8.90. The Hall–Kier alpha value is -0.440. The Bertz CT molecular complexity index is 330. The Morgan fingerprint density at radius 1 is 1.54 bits per heavy atom. The molecule has 0 N–H and O–H groups in total. The van der Waals surface area contributed by atoms with E-state index in [2.05, 4.69) is 15.9 Å². The quantitative estimate of drug-likeness (QED) is 0.599. The number of hydrogen-bond acceptors (Lipinski definition) is 1. The van der Waals surface area contributed by atoms with Crippen molar-refractivity contribution >= 4 is 21.7 Å². The van der Waals surface area contributed by atoms with Crippen LogP contribution in [0.25, 0.3) is 0 Å². The van der Waals surface area contributed by atoms with Gasteiger partial charge in [-0.05, 0) is 18.4 Å². The maximum absolute atomic E-state index is 13.1. The van der Waals surface area contributed by atoms with Gasteiger partial charge in [0.2, 0.25) is 0 Å². The van der Waals surface area contributed by atoms with Gasteiger partial charge in [-0.1, -0.05) is 28.4 Å². The Labute approximate surface area is 84.8 Å². The molecule has 3 heteroatoms. The van der Waals surface area contributed by atoms with Crippen molar-refractivity contribution in [1.29, 1.82) is 0 Å². The molecule has 0 saturated carbocycles. The number of halogens is 2. The lowest BCUT2D eigenvalue weighted by Gasteiger charge is -2.17. The van der Waals surface area contributed by atoms with Gasteiger partial charge in [0, 0.05) is 12.0 Å². The molecule has 0 aromatic heterocycles. The van der Waals surface area contributed by atoms with Crippen LogP contribution in [-0.4, -0.2) is 10.6 Å². The molecule has 0 spiro atoms.